The van der Waals surface area contributed by atoms with Crippen LogP contribution in [-0.4, -0.2) is 48.5 Å². The number of nitrogens with zero attached hydrogens (tertiary/aromatic N) is 4. The number of carbonyl (C=O) groups is 1. The fourth-order valence-electron chi connectivity index (χ4n) is 3.65. The highest BCUT2D eigenvalue weighted by Gasteiger charge is 2.27. The summed E-state index contributed by atoms with van der Waals surface area (Å²) >= 11 is 0. The number of H-pyrrole nitrogens is 2. The molecule has 9 heteroatoms. The van der Waals surface area contributed by atoms with E-state index in [0.717, 1.165) is 49.1 Å². The lowest BCUT2D eigenvalue weighted by molar-refractivity contribution is 0.0652. The summed E-state index contributed by atoms with van der Waals surface area (Å²) in [4.78, 5) is 45.4. The van der Waals surface area contributed by atoms with Crippen molar-refractivity contribution in [1.29, 1.82) is 0 Å². The Morgan fingerprint density at radius 1 is 1.09 bits per heavy atom. The van der Waals surface area contributed by atoms with Gasteiger partial charge in [-0.05, 0) is 43.4 Å². The van der Waals surface area contributed by atoms with Gasteiger partial charge >= 0.3 is 5.69 Å². The van der Waals surface area contributed by atoms with Crippen molar-refractivity contribution in [2.45, 2.75) is 25.2 Å². The van der Waals surface area contributed by atoms with Crippen LogP contribution in [0.2, 0.25) is 0 Å². The molecule has 0 spiro atoms. The molecule has 1 saturated heterocycles. The summed E-state index contributed by atoms with van der Waals surface area (Å²) in [6.07, 6.45) is 8.25. The van der Waals surface area contributed by atoms with E-state index in [-0.39, 0.29) is 5.91 Å². The third-order valence-corrected chi connectivity index (χ3v) is 5.66. The summed E-state index contributed by atoms with van der Waals surface area (Å²) in [5.41, 5.74) is 2.66. The number of nitrogens with one attached hydrogen (secondary N) is 2. The van der Waals surface area contributed by atoms with Crippen LogP contribution in [0.15, 0.2) is 64.6 Å². The van der Waals surface area contributed by atoms with Gasteiger partial charge in [0.2, 0.25) is 0 Å². The number of aromatic nitrogens is 5. The summed E-state index contributed by atoms with van der Waals surface area (Å²) < 4.78 is 1.67. The third-order valence-electron chi connectivity index (χ3n) is 5.66. The first-order valence-electron chi connectivity index (χ1n) is 10.6. The van der Waals surface area contributed by atoms with Gasteiger partial charge in [-0.1, -0.05) is 18.2 Å². The molecule has 2 fully saturated rings. The number of likely N-dealkylation sites (tertiary alicyclic amines) is 1. The van der Waals surface area contributed by atoms with E-state index >= 15 is 0 Å². The van der Waals surface area contributed by atoms with E-state index in [2.05, 4.69) is 20.1 Å². The molecule has 3 aromatic heterocycles. The van der Waals surface area contributed by atoms with Crippen LogP contribution in [0.4, 0.5) is 0 Å². The molecular formula is C23H22N6O3. The highest BCUT2D eigenvalue weighted by Crippen LogP contribution is 2.42. The Balaban J connectivity index is 0.000000154. The third kappa shape index (κ3) is 3.96. The van der Waals surface area contributed by atoms with Crippen molar-refractivity contribution in [2.75, 3.05) is 13.1 Å². The van der Waals surface area contributed by atoms with E-state index in [4.69, 9.17) is 0 Å². The lowest BCUT2D eigenvalue weighted by Crippen LogP contribution is -2.41. The fraction of sp³-hybridized carbons (Fsp3) is 0.261. The van der Waals surface area contributed by atoms with Gasteiger partial charge < -0.3 is 9.88 Å². The molecule has 6 rings (SSSR count). The van der Waals surface area contributed by atoms with Crippen LogP contribution in [0.5, 0.6) is 0 Å². The molecule has 0 radical (unpaired) electrons. The zero-order chi connectivity index (χ0) is 22.1. The largest absolute Gasteiger partial charge is 0.339 e. The van der Waals surface area contributed by atoms with Gasteiger partial charge in [-0.25, -0.2) is 14.3 Å². The van der Waals surface area contributed by atoms with Crippen molar-refractivity contribution in [2.24, 2.45) is 0 Å². The van der Waals surface area contributed by atoms with E-state index in [1.807, 2.05) is 41.3 Å². The average molecular weight is 430 g/mol. The minimum atomic E-state index is -0.523. The van der Waals surface area contributed by atoms with E-state index in [0.29, 0.717) is 17.2 Å². The highest BCUT2D eigenvalue weighted by molar-refractivity contribution is 5.94. The normalized spacial score (nSPS) is 15.1. The number of rotatable bonds is 3. The fourth-order valence-corrected chi connectivity index (χ4v) is 3.65. The van der Waals surface area contributed by atoms with Crippen molar-refractivity contribution in [3.63, 3.8) is 0 Å². The van der Waals surface area contributed by atoms with E-state index < -0.39 is 11.2 Å². The summed E-state index contributed by atoms with van der Waals surface area (Å²) in [7, 11) is 0. The SMILES string of the molecule is O=C(c1ccccc1)N1CCC1.O=c1[nH]cc(-c2cc(C3CC3)c3nccn3n2)c(=O)[nH]1. The van der Waals surface area contributed by atoms with Gasteiger partial charge in [0.1, 0.15) is 0 Å². The first kappa shape index (κ1) is 19.9. The number of hydrogen-bond acceptors (Lipinski definition) is 5. The quantitative estimate of drug-likeness (QED) is 0.517. The van der Waals surface area contributed by atoms with Crippen LogP contribution in [-0.2, 0) is 0 Å². The second-order valence-electron chi connectivity index (χ2n) is 7.95. The molecule has 4 heterocycles. The average Bonchev–Trinajstić information content (AvgIpc) is 3.50. The predicted octanol–water partition coefficient (Wildman–Crippen LogP) is 2.18. The van der Waals surface area contributed by atoms with Crippen molar-refractivity contribution in [3.8, 4) is 11.3 Å². The van der Waals surface area contributed by atoms with Crippen molar-refractivity contribution >= 4 is 11.6 Å². The number of fused-ring (bicyclic) bond motifs is 1. The van der Waals surface area contributed by atoms with E-state index in [9.17, 15) is 14.4 Å². The molecule has 32 heavy (non-hydrogen) atoms. The summed E-state index contributed by atoms with van der Waals surface area (Å²) in [5, 5.41) is 4.38. The Kier molecular flexibility index (Phi) is 5.14. The van der Waals surface area contributed by atoms with Gasteiger partial charge in [0.25, 0.3) is 11.5 Å². The maximum Gasteiger partial charge on any atom is 0.325 e. The molecule has 1 amide bonds. The molecule has 9 nitrogen and oxygen atoms in total. The standard InChI is InChI=1S/C13H11N5O2.C10H11NO/c19-12-9(6-15-13(20)16-12)10-5-8(7-1-2-7)11-14-3-4-18(11)17-10;12-10(11-7-4-8-11)9-5-2-1-3-6-9/h3-7H,1-2H2,(H2,15,16,19,20);1-3,5-6H,4,7-8H2. The molecule has 4 aromatic rings. The highest BCUT2D eigenvalue weighted by atomic mass is 16.2. The Morgan fingerprint density at radius 2 is 1.88 bits per heavy atom. The maximum atomic E-state index is 11.9. The van der Waals surface area contributed by atoms with Gasteiger partial charge in [-0.2, -0.15) is 5.10 Å². The zero-order valence-corrected chi connectivity index (χ0v) is 17.3. The minimum Gasteiger partial charge on any atom is -0.339 e. The molecule has 0 atom stereocenters. The van der Waals surface area contributed by atoms with Gasteiger partial charge in [-0.3, -0.25) is 14.6 Å². The molecular weight excluding hydrogens is 408 g/mol. The van der Waals surface area contributed by atoms with Crippen LogP contribution in [0.25, 0.3) is 16.9 Å². The monoisotopic (exact) mass is 430 g/mol. The molecule has 162 valence electrons. The molecule has 2 N–H and O–H groups in total. The molecule has 2 aliphatic rings. The van der Waals surface area contributed by atoms with Gasteiger partial charge in [-0.15, -0.1) is 0 Å². The van der Waals surface area contributed by atoms with Gasteiger partial charge in [0, 0.05) is 42.8 Å². The Hall–Kier alpha value is -4.01. The Bertz CT molecular complexity index is 1380. The molecule has 0 unspecified atom stereocenters. The lowest BCUT2D eigenvalue weighted by Gasteiger charge is -2.30. The van der Waals surface area contributed by atoms with E-state index in [1.165, 1.54) is 6.20 Å². The van der Waals surface area contributed by atoms with Crippen LogP contribution in [0.3, 0.4) is 0 Å². The van der Waals surface area contributed by atoms with E-state index in [1.54, 1.807) is 16.9 Å². The molecule has 1 aliphatic carbocycles. The predicted molar refractivity (Wildman–Crippen MR) is 119 cm³/mol. The number of hydrogen-bond donors (Lipinski definition) is 2. The minimum absolute atomic E-state index is 0.168. The first-order chi connectivity index (χ1) is 15.6. The smallest absolute Gasteiger partial charge is 0.325 e. The van der Waals surface area contributed by atoms with Crippen LogP contribution in [0.1, 0.15) is 41.1 Å². The lowest BCUT2D eigenvalue weighted by atomic mass is 10.1. The Morgan fingerprint density at radius 3 is 2.53 bits per heavy atom. The summed E-state index contributed by atoms with van der Waals surface area (Å²) in [6, 6.07) is 11.3. The van der Waals surface area contributed by atoms with Crippen molar-refractivity contribution in [3.05, 3.63) is 87.0 Å². The van der Waals surface area contributed by atoms with Crippen molar-refractivity contribution in [1.82, 2.24) is 29.5 Å². The van der Waals surface area contributed by atoms with Crippen LogP contribution >= 0.6 is 0 Å². The molecule has 1 aliphatic heterocycles. The number of amides is 1. The number of benzene rings is 1. The number of imidazole rings is 1. The molecule has 1 saturated carbocycles. The van der Waals surface area contributed by atoms with Crippen LogP contribution < -0.4 is 11.2 Å². The number of aromatic amines is 2. The van der Waals surface area contributed by atoms with Gasteiger partial charge in [0.05, 0.1) is 11.3 Å². The first-order valence-corrected chi connectivity index (χ1v) is 10.6. The second-order valence-corrected chi connectivity index (χ2v) is 7.95. The molecule has 0 bridgehead atoms. The second kappa shape index (κ2) is 8.26. The summed E-state index contributed by atoms with van der Waals surface area (Å²) in [5.74, 6) is 0.658. The number of carbonyl (C=O) groups excluding carboxylic acids is 1. The van der Waals surface area contributed by atoms with Crippen LogP contribution in [0, 0.1) is 0 Å². The topological polar surface area (TPSA) is 116 Å². The van der Waals surface area contributed by atoms with Gasteiger partial charge in [0.15, 0.2) is 5.65 Å². The Labute approximate surface area is 182 Å². The van der Waals surface area contributed by atoms with Crippen molar-refractivity contribution < 1.29 is 4.79 Å². The zero-order valence-electron chi connectivity index (χ0n) is 17.3. The molecule has 1 aromatic carbocycles. The summed E-state index contributed by atoms with van der Waals surface area (Å²) in [6.45, 7) is 1.85. The maximum absolute atomic E-state index is 11.9.